The van der Waals surface area contributed by atoms with E-state index in [2.05, 4.69) is 10.3 Å². The zero-order valence-corrected chi connectivity index (χ0v) is 8.61. The van der Waals surface area contributed by atoms with E-state index in [0.29, 0.717) is 17.1 Å². The minimum atomic E-state index is -0.610. The summed E-state index contributed by atoms with van der Waals surface area (Å²) >= 11 is 0. The minimum Gasteiger partial charge on any atom is -0.381 e. The zero-order chi connectivity index (χ0) is 11.7. The topological polar surface area (TPSA) is 56.7 Å². The van der Waals surface area contributed by atoms with Crippen molar-refractivity contribution in [1.82, 2.24) is 15.0 Å². The Morgan fingerprint density at radius 1 is 1.25 bits per heavy atom. The Balaban J connectivity index is 2.30. The molecule has 16 heavy (non-hydrogen) atoms. The molecule has 0 fully saturated rings. The van der Waals surface area contributed by atoms with Crippen molar-refractivity contribution in [1.29, 1.82) is 0 Å². The van der Waals surface area contributed by atoms with Crippen molar-refractivity contribution in [2.24, 2.45) is 0 Å². The number of nitrogen functional groups attached to an aromatic ring is 1. The molecule has 0 saturated heterocycles. The average molecular weight is 224 g/mol. The molecule has 0 spiro atoms. The Bertz CT molecular complexity index is 501. The van der Waals surface area contributed by atoms with E-state index in [0.717, 1.165) is 6.07 Å². The van der Waals surface area contributed by atoms with Gasteiger partial charge in [-0.2, -0.15) is 0 Å². The fraction of sp³-hybridized carbons (Fsp3) is 0.200. The number of aromatic nitrogens is 3. The summed E-state index contributed by atoms with van der Waals surface area (Å²) in [5.41, 5.74) is 6.66. The van der Waals surface area contributed by atoms with E-state index < -0.39 is 11.6 Å². The molecule has 0 unspecified atom stereocenters. The van der Waals surface area contributed by atoms with Gasteiger partial charge in [0, 0.05) is 6.07 Å². The molecule has 2 aromatic rings. The molecule has 0 aliphatic heterocycles. The summed E-state index contributed by atoms with van der Waals surface area (Å²) in [6.07, 6.45) is 0. The van der Waals surface area contributed by atoms with Crippen molar-refractivity contribution in [2.45, 2.75) is 13.5 Å². The Morgan fingerprint density at radius 3 is 2.38 bits per heavy atom. The van der Waals surface area contributed by atoms with Gasteiger partial charge in [0.05, 0.1) is 12.2 Å². The number of nitrogens with zero attached hydrogens (tertiary/aromatic N) is 3. The van der Waals surface area contributed by atoms with Crippen molar-refractivity contribution in [3.8, 4) is 0 Å². The van der Waals surface area contributed by atoms with Gasteiger partial charge in [0.1, 0.15) is 11.6 Å². The SMILES string of the molecule is Cc1c(N)nnn1Cc1cc(F)cc(F)c1. The van der Waals surface area contributed by atoms with Gasteiger partial charge >= 0.3 is 0 Å². The second-order valence-electron chi connectivity index (χ2n) is 3.50. The molecule has 0 saturated carbocycles. The van der Waals surface area contributed by atoms with Crippen LogP contribution in [0.3, 0.4) is 0 Å². The molecule has 84 valence electrons. The van der Waals surface area contributed by atoms with Gasteiger partial charge in [0.2, 0.25) is 0 Å². The van der Waals surface area contributed by atoms with Crippen LogP contribution in [0.4, 0.5) is 14.6 Å². The molecule has 4 nitrogen and oxygen atoms in total. The summed E-state index contributed by atoms with van der Waals surface area (Å²) in [5.74, 6) is -0.904. The lowest BCUT2D eigenvalue weighted by atomic mass is 10.2. The molecule has 0 aliphatic rings. The number of nitrogens with two attached hydrogens (primary N) is 1. The van der Waals surface area contributed by atoms with Gasteiger partial charge in [-0.15, -0.1) is 5.10 Å². The first-order chi connectivity index (χ1) is 7.56. The fourth-order valence-electron chi connectivity index (χ4n) is 1.40. The number of hydrogen-bond acceptors (Lipinski definition) is 3. The van der Waals surface area contributed by atoms with Gasteiger partial charge in [-0.05, 0) is 24.6 Å². The van der Waals surface area contributed by atoms with E-state index in [4.69, 9.17) is 5.73 Å². The van der Waals surface area contributed by atoms with Crippen LogP contribution in [0, 0.1) is 18.6 Å². The van der Waals surface area contributed by atoms with Gasteiger partial charge < -0.3 is 5.73 Å². The van der Waals surface area contributed by atoms with Crippen LogP contribution in [-0.2, 0) is 6.54 Å². The first kappa shape index (κ1) is 10.5. The lowest BCUT2D eigenvalue weighted by Gasteiger charge is -2.04. The largest absolute Gasteiger partial charge is 0.381 e. The molecule has 1 heterocycles. The number of rotatable bonds is 2. The van der Waals surface area contributed by atoms with Crippen LogP contribution in [0.1, 0.15) is 11.3 Å². The number of anilines is 1. The van der Waals surface area contributed by atoms with Crippen LogP contribution >= 0.6 is 0 Å². The van der Waals surface area contributed by atoms with E-state index in [1.807, 2.05) is 0 Å². The van der Waals surface area contributed by atoms with Gasteiger partial charge in [-0.3, -0.25) is 0 Å². The third-order valence-electron chi connectivity index (χ3n) is 2.27. The summed E-state index contributed by atoms with van der Waals surface area (Å²) in [4.78, 5) is 0. The van der Waals surface area contributed by atoms with E-state index in [9.17, 15) is 8.78 Å². The van der Waals surface area contributed by atoms with Crippen molar-refractivity contribution in [2.75, 3.05) is 5.73 Å². The molecular formula is C10H10F2N4. The monoisotopic (exact) mass is 224 g/mol. The molecule has 0 bridgehead atoms. The Morgan fingerprint density at radius 2 is 1.88 bits per heavy atom. The third kappa shape index (κ3) is 2.00. The number of halogens is 2. The maximum atomic E-state index is 12.9. The molecule has 2 N–H and O–H groups in total. The van der Waals surface area contributed by atoms with E-state index in [-0.39, 0.29) is 6.54 Å². The average Bonchev–Trinajstić information content (AvgIpc) is 2.48. The smallest absolute Gasteiger partial charge is 0.168 e. The van der Waals surface area contributed by atoms with Crippen LogP contribution < -0.4 is 5.73 Å². The predicted molar refractivity (Wildman–Crippen MR) is 54.6 cm³/mol. The van der Waals surface area contributed by atoms with Crippen molar-refractivity contribution >= 4 is 5.82 Å². The Labute approximate surface area is 90.7 Å². The highest BCUT2D eigenvalue weighted by Crippen LogP contribution is 2.11. The zero-order valence-electron chi connectivity index (χ0n) is 8.61. The molecule has 0 aliphatic carbocycles. The highest BCUT2D eigenvalue weighted by Gasteiger charge is 2.07. The molecule has 0 radical (unpaired) electrons. The fourth-order valence-corrected chi connectivity index (χ4v) is 1.40. The third-order valence-corrected chi connectivity index (χ3v) is 2.27. The van der Waals surface area contributed by atoms with Crippen LogP contribution in [0.5, 0.6) is 0 Å². The maximum Gasteiger partial charge on any atom is 0.168 e. The lowest BCUT2D eigenvalue weighted by molar-refractivity contribution is 0.570. The Hall–Kier alpha value is -1.98. The summed E-state index contributed by atoms with van der Waals surface area (Å²) in [6.45, 7) is 1.98. The molecule has 0 amide bonds. The highest BCUT2D eigenvalue weighted by molar-refractivity contribution is 5.32. The van der Waals surface area contributed by atoms with Crippen LogP contribution in [0.2, 0.25) is 0 Å². The molecule has 1 aromatic heterocycles. The molecule has 0 atom stereocenters. The van der Waals surface area contributed by atoms with Crippen LogP contribution in [0.25, 0.3) is 0 Å². The van der Waals surface area contributed by atoms with Crippen molar-refractivity contribution < 1.29 is 8.78 Å². The summed E-state index contributed by atoms with van der Waals surface area (Å²) in [5, 5.41) is 7.43. The molecule has 2 rings (SSSR count). The van der Waals surface area contributed by atoms with Crippen molar-refractivity contribution in [3.63, 3.8) is 0 Å². The Kier molecular flexibility index (Phi) is 2.55. The minimum absolute atomic E-state index is 0.241. The van der Waals surface area contributed by atoms with Gasteiger partial charge in [0.15, 0.2) is 5.82 Å². The number of hydrogen-bond donors (Lipinski definition) is 1. The van der Waals surface area contributed by atoms with E-state index in [1.54, 1.807) is 6.92 Å². The second-order valence-corrected chi connectivity index (χ2v) is 3.50. The molecule has 6 heteroatoms. The first-order valence-corrected chi connectivity index (χ1v) is 4.67. The van der Waals surface area contributed by atoms with Gasteiger partial charge in [-0.1, -0.05) is 5.21 Å². The standard InChI is InChI=1S/C10H10F2N4/c1-6-10(13)14-15-16(6)5-7-2-8(11)4-9(12)3-7/h2-4H,5,13H2,1H3. The summed E-state index contributed by atoms with van der Waals surface area (Å²) < 4.78 is 27.3. The summed E-state index contributed by atoms with van der Waals surface area (Å²) in [6, 6.07) is 3.33. The molecular weight excluding hydrogens is 214 g/mol. The summed E-state index contributed by atoms with van der Waals surface area (Å²) in [7, 11) is 0. The van der Waals surface area contributed by atoms with Crippen LogP contribution in [-0.4, -0.2) is 15.0 Å². The second kappa shape index (κ2) is 3.88. The predicted octanol–water partition coefficient (Wildman–Crippen LogP) is 1.50. The van der Waals surface area contributed by atoms with Crippen LogP contribution in [0.15, 0.2) is 18.2 Å². The first-order valence-electron chi connectivity index (χ1n) is 4.67. The number of benzene rings is 1. The normalized spacial score (nSPS) is 10.7. The quantitative estimate of drug-likeness (QED) is 0.840. The van der Waals surface area contributed by atoms with Crippen molar-refractivity contribution in [3.05, 3.63) is 41.1 Å². The van der Waals surface area contributed by atoms with E-state index in [1.165, 1.54) is 16.8 Å². The molecule has 1 aromatic carbocycles. The van der Waals surface area contributed by atoms with E-state index >= 15 is 0 Å². The van der Waals surface area contributed by atoms with Gasteiger partial charge in [0.25, 0.3) is 0 Å². The lowest BCUT2D eigenvalue weighted by Crippen LogP contribution is -2.05. The highest BCUT2D eigenvalue weighted by atomic mass is 19.1. The van der Waals surface area contributed by atoms with Gasteiger partial charge in [-0.25, -0.2) is 13.5 Å². The maximum absolute atomic E-state index is 12.9.